The van der Waals surface area contributed by atoms with Crippen LogP contribution in [0.3, 0.4) is 0 Å². The van der Waals surface area contributed by atoms with E-state index in [4.69, 9.17) is 15.9 Å². The molecular weight excluding hydrogens is 390 g/mol. The van der Waals surface area contributed by atoms with E-state index in [0.717, 1.165) is 27.6 Å². The van der Waals surface area contributed by atoms with E-state index < -0.39 is 5.97 Å². The summed E-state index contributed by atoms with van der Waals surface area (Å²) in [4.78, 5) is 11.9. The minimum absolute atomic E-state index is 0.0383. The van der Waals surface area contributed by atoms with Crippen molar-refractivity contribution in [2.24, 2.45) is 5.73 Å². The van der Waals surface area contributed by atoms with Gasteiger partial charge in [0.2, 0.25) is 0 Å². The normalized spacial score (nSPS) is 10.9. The third kappa shape index (κ3) is 3.88. The maximum absolute atomic E-state index is 11.9. The number of aryl methyl sites for hydroxylation is 1. The first-order valence-electron chi connectivity index (χ1n) is 9.82. The Kier molecular flexibility index (Phi) is 5.21. The van der Waals surface area contributed by atoms with Crippen LogP contribution < -0.4 is 10.5 Å². The average molecular weight is 413 g/mol. The standard InChI is InChI=1S/C25H23N3O3/c1-15-3-6-20(21-7-5-19(31-2)13-22(21)25(29)30)18(11-15)14-28-10-9-16-12-17(24(26)27)4-8-23(16)28/h3-13H,14H2,1-2H3,(H3,26,27)(H,29,30). The molecular formula is C25H23N3O3. The van der Waals surface area contributed by atoms with Crippen LogP contribution in [0.4, 0.5) is 0 Å². The molecule has 0 aliphatic heterocycles. The molecule has 0 spiro atoms. The lowest BCUT2D eigenvalue weighted by Gasteiger charge is -2.15. The summed E-state index contributed by atoms with van der Waals surface area (Å²) in [6.45, 7) is 2.59. The number of nitrogens with zero attached hydrogens (tertiary/aromatic N) is 1. The number of carboxylic acids is 1. The highest BCUT2D eigenvalue weighted by Crippen LogP contribution is 2.32. The molecule has 0 fully saturated rings. The molecule has 4 rings (SSSR count). The summed E-state index contributed by atoms with van der Waals surface area (Å²) < 4.78 is 7.33. The van der Waals surface area contributed by atoms with Crippen LogP contribution in [-0.4, -0.2) is 28.6 Å². The summed E-state index contributed by atoms with van der Waals surface area (Å²) in [5, 5.41) is 18.4. The minimum Gasteiger partial charge on any atom is -0.497 e. The first-order chi connectivity index (χ1) is 14.9. The van der Waals surface area contributed by atoms with E-state index in [1.165, 1.54) is 7.11 Å². The van der Waals surface area contributed by atoms with E-state index in [0.29, 0.717) is 23.4 Å². The van der Waals surface area contributed by atoms with Crippen molar-refractivity contribution in [3.8, 4) is 16.9 Å². The minimum atomic E-state index is -0.997. The maximum Gasteiger partial charge on any atom is 0.336 e. The summed E-state index contributed by atoms with van der Waals surface area (Å²) >= 11 is 0. The van der Waals surface area contributed by atoms with Crippen molar-refractivity contribution in [3.63, 3.8) is 0 Å². The molecule has 0 saturated heterocycles. The van der Waals surface area contributed by atoms with E-state index in [1.807, 2.05) is 49.5 Å². The number of ether oxygens (including phenoxy) is 1. The van der Waals surface area contributed by atoms with Gasteiger partial charge in [-0.05, 0) is 66.1 Å². The lowest BCUT2D eigenvalue weighted by atomic mass is 9.93. The SMILES string of the molecule is COc1ccc(-c2ccc(C)cc2Cn2ccc3cc(C(=N)N)ccc32)c(C(=O)O)c1. The molecule has 1 aromatic heterocycles. The van der Waals surface area contributed by atoms with Gasteiger partial charge in [-0.25, -0.2) is 4.79 Å². The molecule has 3 aromatic carbocycles. The van der Waals surface area contributed by atoms with E-state index >= 15 is 0 Å². The Labute approximate surface area is 180 Å². The van der Waals surface area contributed by atoms with E-state index in [2.05, 4.69) is 10.6 Å². The third-order valence-corrected chi connectivity index (χ3v) is 5.43. The first kappa shape index (κ1) is 20.2. The van der Waals surface area contributed by atoms with E-state index in [-0.39, 0.29) is 11.4 Å². The van der Waals surface area contributed by atoms with Gasteiger partial charge >= 0.3 is 5.97 Å². The zero-order valence-corrected chi connectivity index (χ0v) is 17.3. The maximum atomic E-state index is 11.9. The Bertz CT molecular complexity index is 1320. The third-order valence-electron chi connectivity index (χ3n) is 5.43. The Balaban J connectivity index is 1.82. The molecule has 6 nitrogen and oxygen atoms in total. The van der Waals surface area contributed by atoms with Gasteiger partial charge in [-0.3, -0.25) is 5.41 Å². The molecule has 0 aliphatic carbocycles. The first-order valence-corrected chi connectivity index (χ1v) is 9.82. The number of amidine groups is 1. The molecule has 31 heavy (non-hydrogen) atoms. The number of rotatable bonds is 6. The zero-order chi connectivity index (χ0) is 22.1. The molecule has 0 aliphatic rings. The summed E-state index contributed by atoms with van der Waals surface area (Å²) in [5.74, 6) is -0.451. The molecule has 6 heteroatoms. The highest BCUT2D eigenvalue weighted by atomic mass is 16.5. The lowest BCUT2D eigenvalue weighted by Crippen LogP contribution is -2.10. The van der Waals surface area contributed by atoms with E-state index in [1.54, 1.807) is 18.2 Å². The topological polar surface area (TPSA) is 101 Å². The number of nitrogens with one attached hydrogen (secondary N) is 1. The molecule has 0 bridgehead atoms. The predicted octanol–water partition coefficient (Wildman–Crippen LogP) is 4.66. The fourth-order valence-electron chi connectivity index (χ4n) is 3.87. The molecule has 156 valence electrons. The van der Waals surface area contributed by atoms with Gasteiger partial charge in [0, 0.05) is 29.2 Å². The molecule has 0 saturated carbocycles. The zero-order valence-electron chi connectivity index (χ0n) is 17.3. The van der Waals surface area contributed by atoms with Gasteiger partial charge < -0.3 is 20.1 Å². The number of methoxy groups -OCH3 is 1. The molecule has 4 N–H and O–H groups in total. The lowest BCUT2D eigenvalue weighted by molar-refractivity contribution is 0.0697. The van der Waals surface area contributed by atoms with Crippen LogP contribution in [-0.2, 0) is 6.54 Å². The van der Waals surface area contributed by atoms with Crippen molar-refractivity contribution >= 4 is 22.7 Å². The highest BCUT2D eigenvalue weighted by molar-refractivity contribution is 5.99. The Morgan fingerprint density at radius 3 is 2.55 bits per heavy atom. The number of hydrogen-bond acceptors (Lipinski definition) is 3. The Morgan fingerprint density at radius 2 is 1.84 bits per heavy atom. The average Bonchev–Trinajstić information content (AvgIpc) is 3.15. The number of fused-ring (bicyclic) bond motifs is 1. The largest absolute Gasteiger partial charge is 0.497 e. The second-order valence-electron chi connectivity index (χ2n) is 7.51. The summed E-state index contributed by atoms with van der Waals surface area (Å²) in [7, 11) is 1.52. The summed E-state index contributed by atoms with van der Waals surface area (Å²) in [6.07, 6.45) is 1.99. The quantitative estimate of drug-likeness (QED) is 0.316. The van der Waals surface area contributed by atoms with Crippen molar-refractivity contribution in [3.05, 3.63) is 89.1 Å². The van der Waals surface area contributed by atoms with Crippen LogP contribution in [0.1, 0.15) is 27.0 Å². The van der Waals surface area contributed by atoms with Gasteiger partial charge in [-0.1, -0.05) is 23.8 Å². The van der Waals surface area contributed by atoms with Crippen LogP contribution >= 0.6 is 0 Å². The second kappa shape index (κ2) is 7.99. The molecule has 0 unspecified atom stereocenters. The number of hydrogen-bond donors (Lipinski definition) is 3. The van der Waals surface area contributed by atoms with Crippen LogP contribution in [0.2, 0.25) is 0 Å². The van der Waals surface area contributed by atoms with Gasteiger partial charge in [0.1, 0.15) is 11.6 Å². The van der Waals surface area contributed by atoms with Gasteiger partial charge in [0.25, 0.3) is 0 Å². The number of carbonyl (C=O) groups is 1. The Morgan fingerprint density at radius 1 is 1.06 bits per heavy atom. The number of nitrogen functional groups attached to an aromatic ring is 1. The smallest absolute Gasteiger partial charge is 0.336 e. The number of nitrogens with two attached hydrogens (primary N) is 1. The van der Waals surface area contributed by atoms with Crippen LogP contribution in [0.15, 0.2) is 66.9 Å². The van der Waals surface area contributed by atoms with Gasteiger partial charge in [0.15, 0.2) is 0 Å². The summed E-state index contributed by atoms with van der Waals surface area (Å²) in [5.41, 5.74) is 11.2. The van der Waals surface area contributed by atoms with Gasteiger partial charge in [-0.15, -0.1) is 0 Å². The van der Waals surface area contributed by atoms with Crippen LogP contribution in [0.5, 0.6) is 5.75 Å². The van der Waals surface area contributed by atoms with Gasteiger partial charge in [0.05, 0.1) is 12.7 Å². The molecule has 1 heterocycles. The number of aromatic carboxylic acids is 1. The second-order valence-corrected chi connectivity index (χ2v) is 7.51. The molecule has 0 radical (unpaired) electrons. The predicted molar refractivity (Wildman–Crippen MR) is 122 cm³/mol. The molecule has 0 amide bonds. The summed E-state index contributed by atoms with van der Waals surface area (Å²) in [6, 6.07) is 18.9. The monoisotopic (exact) mass is 413 g/mol. The molecule has 0 atom stereocenters. The number of aromatic nitrogens is 1. The van der Waals surface area contributed by atoms with E-state index in [9.17, 15) is 9.90 Å². The number of benzene rings is 3. The van der Waals surface area contributed by atoms with Crippen molar-refractivity contribution in [2.45, 2.75) is 13.5 Å². The Hall–Kier alpha value is -4.06. The van der Waals surface area contributed by atoms with Crippen molar-refractivity contribution in [1.82, 2.24) is 4.57 Å². The fraction of sp³-hybridized carbons (Fsp3) is 0.120. The van der Waals surface area contributed by atoms with Crippen LogP contribution in [0, 0.1) is 12.3 Å². The van der Waals surface area contributed by atoms with Crippen molar-refractivity contribution in [2.75, 3.05) is 7.11 Å². The van der Waals surface area contributed by atoms with Crippen molar-refractivity contribution in [1.29, 1.82) is 5.41 Å². The van der Waals surface area contributed by atoms with Gasteiger partial charge in [-0.2, -0.15) is 0 Å². The fourth-order valence-corrected chi connectivity index (χ4v) is 3.87. The molecule has 4 aromatic rings. The van der Waals surface area contributed by atoms with Crippen LogP contribution in [0.25, 0.3) is 22.0 Å². The van der Waals surface area contributed by atoms with Crippen molar-refractivity contribution < 1.29 is 14.6 Å². The number of carboxylic acid groups (broad SMARTS) is 1. The highest BCUT2D eigenvalue weighted by Gasteiger charge is 2.17.